The number of carbonyl (C=O) groups is 2. The van der Waals surface area contributed by atoms with E-state index in [4.69, 9.17) is 0 Å². The van der Waals surface area contributed by atoms with Crippen molar-refractivity contribution in [2.45, 2.75) is 32.4 Å². The second kappa shape index (κ2) is 8.91. The van der Waals surface area contributed by atoms with Crippen LogP contribution in [0.2, 0.25) is 0 Å². The molecule has 0 spiro atoms. The van der Waals surface area contributed by atoms with E-state index in [0.717, 1.165) is 11.1 Å². The molecule has 2 amide bonds. The lowest BCUT2D eigenvalue weighted by molar-refractivity contribution is -0.125. The third-order valence-corrected chi connectivity index (χ3v) is 6.02. The molecule has 7 heteroatoms. The van der Waals surface area contributed by atoms with Gasteiger partial charge in [0, 0.05) is 3.57 Å². The van der Waals surface area contributed by atoms with Crippen LogP contribution in [0.4, 0.5) is 4.39 Å². The molecule has 2 aromatic rings. The molecule has 3 rings (SSSR count). The van der Waals surface area contributed by atoms with Gasteiger partial charge in [-0.25, -0.2) is 4.39 Å². The fraction of sp³-hybridized carbons (Fsp3) is 0.318. The Morgan fingerprint density at radius 3 is 2.55 bits per heavy atom. The molecule has 0 saturated carbocycles. The lowest BCUT2D eigenvalue weighted by Crippen LogP contribution is -2.46. The first-order chi connectivity index (χ1) is 13.8. The highest BCUT2D eigenvalue weighted by Crippen LogP contribution is 2.32. The number of nitrogens with one attached hydrogen (secondary N) is 2. The summed E-state index contributed by atoms with van der Waals surface area (Å²) in [5, 5.41) is 15.1. The van der Waals surface area contributed by atoms with E-state index < -0.39 is 29.7 Å². The summed E-state index contributed by atoms with van der Waals surface area (Å²) in [7, 11) is 0. The molecule has 0 bridgehead atoms. The molecule has 1 aliphatic rings. The molecule has 0 heterocycles. The van der Waals surface area contributed by atoms with Gasteiger partial charge in [0.2, 0.25) is 5.91 Å². The fourth-order valence-corrected chi connectivity index (χ4v) is 4.33. The zero-order chi connectivity index (χ0) is 21.1. The predicted octanol–water partition coefficient (Wildman–Crippen LogP) is 3.74. The Bertz CT molecular complexity index is 966. The number of rotatable bonds is 5. The van der Waals surface area contributed by atoms with Gasteiger partial charge < -0.3 is 10.6 Å². The standard InChI is InChI=1S/C22H21FIN3O2/c1-12(2)15(11-25)21(28)27-20-14-7-4-3-6-13(14)10-18(20)26-22(29)19-16(23)8-5-9-17(19)24/h3-9,12,15,18,20H,10H2,1-2H3,(H,26,29)(H,27,28)/t15?,18-,20-/m1/s1. The second-order valence-corrected chi connectivity index (χ2v) is 8.58. The highest BCUT2D eigenvalue weighted by molar-refractivity contribution is 14.1. The second-order valence-electron chi connectivity index (χ2n) is 7.42. The van der Waals surface area contributed by atoms with Crippen LogP contribution in [-0.4, -0.2) is 17.9 Å². The number of halogens is 2. The maximum Gasteiger partial charge on any atom is 0.255 e. The highest BCUT2D eigenvalue weighted by atomic mass is 127. The summed E-state index contributed by atoms with van der Waals surface area (Å²) in [5.41, 5.74) is 1.89. The molecule has 29 heavy (non-hydrogen) atoms. The Balaban J connectivity index is 1.87. The number of nitriles is 1. The summed E-state index contributed by atoms with van der Waals surface area (Å²) < 4.78 is 14.7. The van der Waals surface area contributed by atoms with Gasteiger partial charge in [0.05, 0.1) is 23.7 Å². The van der Waals surface area contributed by atoms with Gasteiger partial charge in [0.25, 0.3) is 5.91 Å². The molecule has 0 saturated heterocycles. The summed E-state index contributed by atoms with van der Waals surface area (Å²) in [4.78, 5) is 25.5. The summed E-state index contributed by atoms with van der Waals surface area (Å²) in [5.74, 6) is -2.40. The Morgan fingerprint density at radius 1 is 1.17 bits per heavy atom. The molecule has 2 N–H and O–H groups in total. The Labute approximate surface area is 182 Å². The third kappa shape index (κ3) is 4.42. The summed E-state index contributed by atoms with van der Waals surface area (Å²) >= 11 is 1.93. The molecular formula is C22H21FIN3O2. The van der Waals surface area contributed by atoms with Crippen molar-refractivity contribution < 1.29 is 14.0 Å². The van der Waals surface area contributed by atoms with E-state index in [9.17, 15) is 19.2 Å². The van der Waals surface area contributed by atoms with Gasteiger partial charge in [-0.05, 0) is 58.2 Å². The SMILES string of the molecule is CC(C)C(C#N)C(=O)N[C@@H]1c2ccccc2C[C@H]1NC(=O)c1c(F)cccc1I. The van der Waals surface area contributed by atoms with Crippen molar-refractivity contribution >= 4 is 34.4 Å². The van der Waals surface area contributed by atoms with E-state index in [2.05, 4.69) is 10.6 Å². The first-order valence-corrected chi connectivity index (χ1v) is 10.4. The maximum absolute atomic E-state index is 14.2. The Hall–Kier alpha value is -2.47. The van der Waals surface area contributed by atoms with Crippen molar-refractivity contribution in [2.75, 3.05) is 0 Å². The van der Waals surface area contributed by atoms with Crippen molar-refractivity contribution in [3.8, 4) is 6.07 Å². The molecule has 0 aromatic heterocycles. The van der Waals surface area contributed by atoms with Gasteiger partial charge in [-0.3, -0.25) is 9.59 Å². The molecule has 2 aromatic carbocycles. The molecule has 150 valence electrons. The third-order valence-electron chi connectivity index (χ3n) is 5.12. The fourth-order valence-electron chi connectivity index (χ4n) is 3.62. The number of hydrogen-bond donors (Lipinski definition) is 2. The summed E-state index contributed by atoms with van der Waals surface area (Å²) in [6.07, 6.45) is 0.511. The number of amides is 2. The number of nitrogens with zero attached hydrogens (tertiary/aromatic N) is 1. The minimum atomic E-state index is -0.786. The highest BCUT2D eigenvalue weighted by Gasteiger charge is 2.36. The average molecular weight is 505 g/mol. The minimum absolute atomic E-state index is 0.00813. The van der Waals surface area contributed by atoms with Crippen LogP contribution in [0.5, 0.6) is 0 Å². The van der Waals surface area contributed by atoms with Gasteiger partial charge >= 0.3 is 0 Å². The van der Waals surface area contributed by atoms with Gasteiger partial charge in [-0.1, -0.05) is 44.2 Å². The topological polar surface area (TPSA) is 82.0 Å². The van der Waals surface area contributed by atoms with Crippen molar-refractivity contribution in [3.63, 3.8) is 0 Å². The zero-order valence-corrected chi connectivity index (χ0v) is 18.2. The molecule has 5 nitrogen and oxygen atoms in total. The van der Waals surface area contributed by atoms with Crippen LogP contribution in [0.3, 0.4) is 0 Å². The van der Waals surface area contributed by atoms with Crippen molar-refractivity contribution in [3.05, 3.63) is 68.5 Å². The van der Waals surface area contributed by atoms with E-state index in [-0.39, 0.29) is 17.4 Å². The Kier molecular flexibility index (Phi) is 6.52. The van der Waals surface area contributed by atoms with Crippen molar-refractivity contribution in [2.24, 2.45) is 11.8 Å². The number of hydrogen-bond acceptors (Lipinski definition) is 3. The largest absolute Gasteiger partial charge is 0.346 e. The lowest BCUT2D eigenvalue weighted by atomic mass is 9.95. The number of carbonyl (C=O) groups excluding carboxylic acids is 2. The average Bonchev–Trinajstić information content (AvgIpc) is 2.99. The summed E-state index contributed by atoms with van der Waals surface area (Å²) in [6, 6.07) is 13.2. The first kappa shape index (κ1) is 21.2. The molecular weight excluding hydrogens is 484 g/mol. The molecule has 1 aliphatic carbocycles. The van der Waals surface area contributed by atoms with Gasteiger partial charge in [0.1, 0.15) is 11.7 Å². The van der Waals surface area contributed by atoms with E-state index >= 15 is 0 Å². The molecule has 3 atom stereocenters. The smallest absolute Gasteiger partial charge is 0.255 e. The van der Waals surface area contributed by atoms with Crippen LogP contribution >= 0.6 is 22.6 Å². The van der Waals surface area contributed by atoms with Gasteiger partial charge in [-0.15, -0.1) is 0 Å². The zero-order valence-electron chi connectivity index (χ0n) is 16.1. The monoisotopic (exact) mass is 505 g/mol. The normalized spacial score (nSPS) is 18.6. The maximum atomic E-state index is 14.2. The van der Waals surface area contributed by atoms with Crippen LogP contribution in [0, 0.1) is 32.6 Å². The van der Waals surface area contributed by atoms with Crippen molar-refractivity contribution in [1.82, 2.24) is 10.6 Å². The number of fused-ring (bicyclic) bond motifs is 1. The van der Waals surface area contributed by atoms with Gasteiger partial charge in [0.15, 0.2) is 0 Å². The van der Waals surface area contributed by atoms with Crippen LogP contribution < -0.4 is 10.6 Å². The minimum Gasteiger partial charge on any atom is -0.346 e. The molecule has 0 fully saturated rings. The molecule has 1 unspecified atom stereocenters. The molecule has 0 radical (unpaired) electrons. The quantitative estimate of drug-likeness (QED) is 0.608. The first-order valence-electron chi connectivity index (χ1n) is 9.36. The van der Waals surface area contributed by atoms with Crippen molar-refractivity contribution in [1.29, 1.82) is 5.26 Å². The molecule has 0 aliphatic heterocycles. The van der Waals surface area contributed by atoms with Crippen LogP contribution in [0.1, 0.15) is 41.4 Å². The summed E-state index contributed by atoms with van der Waals surface area (Å²) in [6.45, 7) is 3.63. The van der Waals surface area contributed by atoms with Crippen LogP contribution in [0.25, 0.3) is 0 Å². The van der Waals surface area contributed by atoms with Crippen LogP contribution in [-0.2, 0) is 11.2 Å². The van der Waals surface area contributed by atoms with E-state index in [0.29, 0.717) is 9.99 Å². The van der Waals surface area contributed by atoms with E-state index in [1.165, 1.54) is 6.07 Å². The van der Waals surface area contributed by atoms with Crippen LogP contribution in [0.15, 0.2) is 42.5 Å². The Morgan fingerprint density at radius 2 is 1.90 bits per heavy atom. The number of benzene rings is 2. The van der Waals surface area contributed by atoms with Gasteiger partial charge in [-0.2, -0.15) is 5.26 Å². The van der Waals surface area contributed by atoms with E-state index in [1.54, 1.807) is 12.1 Å². The van der Waals surface area contributed by atoms with E-state index in [1.807, 2.05) is 66.8 Å². The lowest BCUT2D eigenvalue weighted by Gasteiger charge is -2.25. The predicted molar refractivity (Wildman–Crippen MR) is 115 cm³/mol.